The summed E-state index contributed by atoms with van der Waals surface area (Å²) in [7, 11) is 0. The second-order valence-corrected chi connectivity index (χ2v) is 6.64. The van der Waals surface area contributed by atoms with Crippen LogP contribution in [-0.4, -0.2) is 16.8 Å². The van der Waals surface area contributed by atoms with Crippen LogP contribution in [0.2, 0.25) is 0 Å². The molecular weight excluding hydrogens is 266 g/mol. The zero-order valence-corrected chi connectivity index (χ0v) is 12.7. The molecule has 1 atom stereocenters. The number of hydrogen-bond donors (Lipinski definition) is 0. The highest BCUT2D eigenvalue weighted by Crippen LogP contribution is 2.29. The molecule has 1 aromatic carbocycles. The third-order valence-electron chi connectivity index (χ3n) is 4.05. The average Bonchev–Trinajstić information content (AvgIpc) is 2.99. The Morgan fingerprint density at radius 3 is 2.60 bits per heavy atom. The van der Waals surface area contributed by atoms with Crippen molar-refractivity contribution in [1.29, 1.82) is 0 Å². The van der Waals surface area contributed by atoms with Crippen LogP contribution in [0.15, 0.2) is 41.8 Å². The van der Waals surface area contributed by atoms with Gasteiger partial charge in [0.25, 0.3) is 5.91 Å². The molecule has 1 aliphatic rings. The fourth-order valence-electron chi connectivity index (χ4n) is 2.91. The summed E-state index contributed by atoms with van der Waals surface area (Å²) in [6.07, 6.45) is 0.963. The van der Waals surface area contributed by atoms with Crippen LogP contribution in [0.4, 0.5) is 0 Å². The van der Waals surface area contributed by atoms with Gasteiger partial charge in [0.2, 0.25) is 0 Å². The van der Waals surface area contributed by atoms with Crippen molar-refractivity contribution < 1.29 is 4.79 Å². The maximum absolute atomic E-state index is 12.7. The van der Waals surface area contributed by atoms with Crippen molar-refractivity contribution in [2.45, 2.75) is 32.9 Å². The Morgan fingerprint density at radius 1 is 1.20 bits per heavy atom. The van der Waals surface area contributed by atoms with E-state index >= 15 is 0 Å². The number of hydrogen-bond acceptors (Lipinski definition) is 2. The maximum atomic E-state index is 12.7. The van der Waals surface area contributed by atoms with E-state index in [1.807, 2.05) is 17.5 Å². The molecule has 20 heavy (non-hydrogen) atoms. The lowest BCUT2D eigenvalue weighted by Crippen LogP contribution is -2.46. The van der Waals surface area contributed by atoms with Gasteiger partial charge < -0.3 is 4.90 Å². The summed E-state index contributed by atoms with van der Waals surface area (Å²) < 4.78 is 0. The summed E-state index contributed by atoms with van der Waals surface area (Å²) in [5.74, 6) is 0.639. The standard InChI is InChI=1S/C17H19NOS/c1-12(2)15-10-13-6-3-4-7-14(13)11-18(15)17(19)16-8-5-9-20-16/h3-9,12,15H,10-11H2,1-2H3. The molecule has 1 aliphatic heterocycles. The molecule has 0 radical (unpaired) electrons. The molecule has 2 aromatic rings. The second kappa shape index (κ2) is 5.41. The summed E-state index contributed by atoms with van der Waals surface area (Å²) >= 11 is 1.53. The van der Waals surface area contributed by atoms with Crippen LogP contribution in [0.25, 0.3) is 0 Å². The van der Waals surface area contributed by atoms with Gasteiger partial charge in [-0.2, -0.15) is 0 Å². The van der Waals surface area contributed by atoms with Gasteiger partial charge >= 0.3 is 0 Å². The van der Waals surface area contributed by atoms with E-state index in [1.165, 1.54) is 22.5 Å². The fraction of sp³-hybridized carbons (Fsp3) is 0.353. The van der Waals surface area contributed by atoms with Crippen LogP contribution in [-0.2, 0) is 13.0 Å². The summed E-state index contributed by atoms with van der Waals surface area (Å²) in [6.45, 7) is 5.14. The molecule has 1 unspecified atom stereocenters. The van der Waals surface area contributed by atoms with E-state index in [2.05, 4.69) is 43.0 Å². The number of amides is 1. The molecule has 3 rings (SSSR count). The van der Waals surface area contributed by atoms with Gasteiger partial charge in [0.15, 0.2) is 0 Å². The van der Waals surface area contributed by atoms with Crippen molar-refractivity contribution in [3.8, 4) is 0 Å². The van der Waals surface area contributed by atoms with E-state index < -0.39 is 0 Å². The lowest BCUT2D eigenvalue weighted by atomic mass is 9.88. The quantitative estimate of drug-likeness (QED) is 0.817. The van der Waals surface area contributed by atoms with Crippen LogP contribution in [0, 0.1) is 5.92 Å². The molecule has 0 aliphatic carbocycles. The predicted octanol–water partition coefficient (Wildman–Crippen LogP) is 3.97. The molecule has 0 saturated carbocycles. The SMILES string of the molecule is CC(C)C1Cc2ccccc2CN1C(=O)c1cccs1. The molecule has 2 heterocycles. The molecule has 1 amide bonds. The number of nitrogens with zero attached hydrogens (tertiary/aromatic N) is 1. The molecule has 0 saturated heterocycles. The lowest BCUT2D eigenvalue weighted by molar-refractivity contribution is 0.0585. The number of carbonyl (C=O) groups is 1. The predicted molar refractivity (Wildman–Crippen MR) is 83.0 cm³/mol. The van der Waals surface area contributed by atoms with E-state index in [1.54, 1.807) is 0 Å². The van der Waals surface area contributed by atoms with Crippen LogP contribution in [0.3, 0.4) is 0 Å². The van der Waals surface area contributed by atoms with Crippen molar-refractivity contribution in [3.05, 3.63) is 57.8 Å². The van der Waals surface area contributed by atoms with Crippen molar-refractivity contribution in [2.24, 2.45) is 5.92 Å². The summed E-state index contributed by atoms with van der Waals surface area (Å²) in [5.41, 5.74) is 2.68. The fourth-order valence-corrected chi connectivity index (χ4v) is 3.59. The van der Waals surface area contributed by atoms with E-state index in [0.717, 1.165) is 17.8 Å². The van der Waals surface area contributed by atoms with Gasteiger partial charge in [-0.1, -0.05) is 44.2 Å². The summed E-state index contributed by atoms with van der Waals surface area (Å²) in [6, 6.07) is 12.6. The van der Waals surface area contributed by atoms with Crippen molar-refractivity contribution in [3.63, 3.8) is 0 Å². The molecule has 104 valence electrons. The highest BCUT2D eigenvalue weighted by Gasteiger charge is 2.32. The van der Waals surface area contributed by atoms with E-state index in [4.69, 9.17) is 0 Å². The largest absolute Gasteiger partial charge is 0.330 e. The molecule has 0 N–H and O–H groups in total. The zero-order valence-electron chi connectivity index (χ0n) is 11.9. The van der Waals surface area contributed by atoms with Crippen molar-refractivity contribution in [1.82, 2.24) is 4.90 Å². The normalized spacial score (nSPS) is 18.1. The Hall–Kier alpha value is -1.61. The Morgan fingerprint density at radius 2 is 1.95 bits per heavy atom. The second-order valence-electron chi connectivity index (χ2n) is 5.69. The summed E-state index contributed by atoms with van der Waals surface area (Å²) in [5, 5.41) is 1.97. The van der Waals surface area contributed by atoms with E-state index in [-0.39, 0.29) is 5.91 Å². The molecule has 0 bridgehead atoms. The van der Waals surface area contributed by atoms with Crippen LogP contribution >= 0.6 is 11.3 Å². The highest BCUT2D eigenvalue weighted by molar-refractivity contribution is 7.12. The highest BCUT2D eigenvalue weighted by atomic mass is 32.1. The first kappa shape index (κ1) is 13.4. The number of carbonyl (C=O) groups excluding carboxylic acids is 1. The van der Waals surface area contributed by atoms with Gasteiger partial charge in [0, 0.05) is 12.6 Å². The number of benzene rings is 1. The Bertz CT molecular complexity index is 603. The Kier molecular flexibility index (Phi) is 3.62. The summed E-state index contributed by atoms with van der Waals surface area (Å²) in [4.78, 5) is 15.6. The topological polar surface area (TPSA) is 20.3 Å². The maximum Gasteiger partial charge on any atom is 0.264 e. The average molecular weight is 285 g/mol. The third kappa shape index (κ3) is 2.38. The van der Waals surface area contributed by atoms with Gasteiger partial charge in [-0.15, -0.1) is 11.3 Å². The minimum Gasteiger partial charge on any atom is -0.330 e. The van der Waals surface area contributed by atoms with Gasteiger partial charge in [-0.25, -0.2) is 0 Å². The Labute approximate surface area is 124 Å². The molecule has 0 spiro atoms. The van der Waals surface area contributed by atoms with Crippen LogP contribution in [0.1, 0.15) is 34.6 Å². The molecule has 1 aromatic heterocycles. The molecule has 2 nitrogen and oxygen atoms in total. The number of fused-ring (bicyclic) bond motifs is 1. The minimum atomic E-state index is 0.174. The smallest absolute Gasteiger partial charge is 0.264 e. The first-order chi connectivity index (χ1) is 9.66. The third-order valence-corrected chi connectivity index (χ3v) is 4.91. The van der Waals surface area contributed by atoms with Crippen molar-refractivity contribution >= 4 is 17.2 Å². The van der Waals surface area contributed by atoms with Crippen molar-refractivity contribution in [2.75, 3.05) is 0 Å². The molecule has 0 fully saturated rings. The number of rotatable bonds is 2. The van der Waals surface area contributed by atoms with Gasteiger partial charge in [-0.3, -0.25) is 4.79 Å². The first-order valence-corrected chi connectivity index (χ1v) is 7.96. The van der Waals surface area contributed by atoms with Crippen LogP contribution in [0.5, 0.6) is 0 Å². The lowest BCUT2D eigenvalue weighted by Gasteiger charge is -2.39. The van der Waals surface area contributed by atoms with Gasteiger partial charge in [0.1, 0.15) is 0 Å². The van der Waals surface area contributed by atoms with Crippen LogP contribution < -0.4 is 0 Å². The zero-order chi connectivity index (χ0) is 14.1. The van der Waals surface area contributed by atoms with Gasteiger partial charge in [-0.05, 0) is 34.9 Å². The molecule has 3 heteroatoms. The first-order valence-electron chi connectivity index (χ1n) is 7.08. The van der Waals surface area contributed by atoms with E-state index in [0.29, 0.717) is 12.0 Å². The number of thiophene rings is 1. The monoisotopic (exact) mass is 285 g/mol. The van der Waals surface area contributed by atoms with E-state index in [9.17, 15) is 4.79 Å². The minimum absolute atomic E-state index is 0.174. The van der Waals surface area contributed by atoms with Gasteiger partial charge in [0.05, 0.1) is 4.88 Å². The Balaban J connectivity index is 1.94. The molecular formula is C17H19NOS.